The van der Waals surface area contributed by atoms with E-state index in [4.69, 9.17) is 11.6 Å². The second-order valence-electron chi connectivity index (χ2n) is 2.39. The van der Waals surface area contributed by atoms with Crippen LogP contribution in [0.1, 0.15) is 25.7 Å². The molecule has 0 atom stereocenters. The van der Waals surface area contributed by atoms with E-state index in [1.165, 1.54) is 6.42 Å². The lowest BCUT2D eigenvalue weighted by Gasteiger charge is -2.08. The van der Waals surface area contributed by atoms with Gasteiger partial charge in [0.05, 0.1) is 0 Å². The van der Waals surface area contributed by atoms with E-state index >= 15 is 0 Å². The Labute approximate surface area is 65.4 Å². The average Bonchev–Trinajstić information content (AvgIpc) is 2.05. The molecule has 0 unspecified atom stereocenters. The highest BCUT2D eigenvalue weighted by molar-refractivity contribution is 6.35. The second-order valence-corrected chi connectivity index (χ2v) is 2.77. The van der Waals surface area contributed by atoms with Crippen molar-refractivity contribution in [3.05, 3.63) is 16.7 Å². The first-order valence-electron chi connectivity index (χ1n) is 3.44. The third-order valence-corrected chi connectivity index (χ3v) is 1.98. The lowest BCUT2D eigenvalue weighted by atomic mass is 10.00. The van der Waals surface area contributed by atoms with Crippen LogP contribution in [0.4, 0.5) is 0 Å². The third kappa shape index (κ3) is 1.73. The fourth-order valence-electron chi connectivity index (χ4n) is 1.10. The van der Waals surface area contributed by atoms with Gasteiger partial charge < -0.3 is 0 Å². The molecule has 0 amide bonds. The molecule has 1 aliphatic rings. The average molecular weight is 157 g/mol. The molecular formula is C8H9ClO. The molecule has 0 spiro atoms. The summed E-state index contributed by atoms with van der Waals surface area (Å²) in [4.78, 5) is 10.1. The molecule has 0 fully saturated rings. The number of hydrogen-bond acceptors (Lipinski definition) is 1. The van der Waals surface area contributed by atoms with Crippen LogP contribution in [0.25, 0.3) is 0 Å². The largest absolute Gasteiger partial charge is 0.232 e. The maximum Gasteiger partial charge on any atom is 0.145 e. The van der Waals surface area contributed by atoms with Crippen molar-refractivity contribution in [2.24, 2.45) is 0 Å². The van der Waals surface area contributed by atoms with Gasteiger partial charge in [0.2, 0.25) is 0 Å². The van der Waals surface area contributed by atoms with Crippen LogP contribution >= 0.6 is 11.6 Å². The van der Waals surface area contributed by atoms with E-state index in [0.29, 0.717) is 0 Å². The summed E-state index contributed by atoms with van der Waals surface area (Å²) in [5, 5.41) is 0.264. The Morgan fingerprint density at radius 3 is 2.90 bits per heavy atom. The zero-order valence-electron chi connectivity index (χ0n) is 5.69. The summed E-state index contributed by atoms with van der Waals surface area (Å²) >= 11 is 5.57. The minimum absolute atomic E-state index is 0.264. The maximum atomic E-state index is 10.1. The Balaban J connectivity index is 2.71. The molecule has 0 saturated heterocycles. The van der Waals surface area contributed by atoms with Crippen LogP contribution in [-0.4, -0.2) is 5.94 Å². The Kier molecular flexibility index (Phi) is 2.73. The minimum atomic E-state index is 0.264. The fraction of sp³-hybridized carbons (Fsp3) is 0.500. The molecule has 10 heavy (non-hydrogen) atoms. The summed E-state index contributed by atoms with van der Waals surface area (Å²) in [7, 11) is 0. The predicted octanol–water partition coefficient (Wildman–Crippen LogP) is 2.44. The molecule has 1 nitrogen and oxygen atoms in total. The molecule has 1 rings (SSSR count). The second kappa shape index (κ2) is 3.60. The van der Waals surface area contributed by atoms with E-state index in [2.05, 4.69) is 0 Å². The number of allylic oxidation sites excluding steroid dienone is 3. The molecule has 1 aliphatic carbocycles. The van der Waals surface area contributed by atoms with Crippen LogP contribution in [0, 0.1) is 0 Å². The first kappa shape index (κ1) is 7.59. The third-order valence-electron chi connectivity index (χ3n) is 1.66. The molecule has 2 heteroatoms. The molecule has 0 aromatic heterocycles. The van der Waals surface area contributed by atoms with Crippen molar-refractivity contribution < 1.29 is 4.79 Å². The zero-order valence-corrected chi connectivity index (χ0v) is 6.45. The molecule has 0 saturated carbocycles. The van der Waals surface area contributed by atoms with Gasteiger partial charge in [-0.2, -0.15) is 0 Å². The zero-order chi connectivity index (χ0) is 7.40. The minimum Gasteiger partial charge on any atom is -0.232 e. The number of halogens is 1. The van der Waals surface area contributed by atoms with E-state index in [0.717, 1.165) is 24.8 Å². The first-order chi connectivity index (χ1) is 4.84. The first-order valence-corrected chi connectivity index (χ1v) is 3.82. The van der Waals surface area contributed by atoms with Gasteiger partial charge >= 0.3 is 0 Å². The Hall–Kier alpha value is -0.520. The van der Waals surface area contributed by atoms with Crippen molar-refractivity contribution in [2.75, 3.05) is 0 Å². The molecule has 0 aromatic rings. The van der Waals surface area contributed by atoms with Gasteiger partial charge in [-0.05, 0) is 31.3 Å². The Morgan fingerprint density at radius 1 is 1.60 bits per heavy atom. The van der Waals surface area contributed by atoms with Crippen molar-refractivity contribution in [3.63, 3.8) is 0 Å². The summed E-state index contributed by atoms with van der Waals surface area (Å²) in [5.74, 6) is 1.70. The van der Waals surface area contributed by atoms with Crippen LogP contribution in [0.2, 0.25) is 0 Å². The van der Waals surface area contributed by atoms with Crippen LogP contribution < -0.4 is 0 Å². The molecular weight excluding hydrogens is 148 g/mol. The molecule has 0 bridgehead atoms. The van der Waals surface area contributed by atoms with Crippen LogP contribution in [-0.2, 0) is 4.79 Å². The highest BCUT2D eigenvalue weighted by atomic mass is 35.5. The van der Waals surface area contributed by atoms with Gasteiger partial charge in [-0.1, -0.05) is 17.7 Å². The van der Waals surface area contributed by atoms with Gasteiger partial charge in [0.1, 0.15) is 11.0 Å². The van der Waals surface area contributed by atoms with E-state index in [1.807, 2.05) is 6.08 Å². The van der Waals surface area contributed by atoms with Crippen molar-refractivity contribution in [2.45, 2.75) is 25.7 Å². The van der Waals surface area contributed by atoms with E-state index < -0.39 is 0 Å². The summed E-state index contributed by atoms with van der Waals surface area (Å²) in [5.41, 5.74) is 0.975. The fourth-order valence-corrected chi connectivity index (χ4v) is 1.27. The van der Waals surface area contributed by atoms with E-state index in [-0.39, 0.29) is 5.03 Å². The number of carbonyl (C=O) groups excluding carboxylic acids is 1. The van der Waals surface area contributed by atoms with Crippen molar-refractivity contribution in [3.8, 4) is 0 Å². The molecule has 0 N–H and O–H groups in total. The predicted molar refractivity (Wildman–Crippen MR) is 41.6 cm³/mol. The molecule has 54 valence electrons. The Morgan fingerprint density at radius 2 is 2.40 bits per heavy atom. The summed E-state index contributed by atoms with van der Waals surface area (Å²) in [6, 6.07) is 0. The summed E-state index contributed by atoms with van der Waals surface area (Å²) in [6.45, 7) is 0. The molecule has 0 aromatic carbocycles. The number of hydrogen-bond donors (Lipinski definition) is 0. The smallest absolute Gasteiger partial charge is 0.145 e. The van der Waals surface area contributed by atoms with Crippen molar-refractivity contribution in [1.82, 2.24) is 0 Å². The van der Waals surface area contributed by atoms with Gasteiger partial charge in [-0.3, -0.25) is 0 Å². The monoisotopic (exact) mass is 156 g/mol. The van der Waals surface area contributed by atoms with E-state index in [9.17, 15) is 4.79 Å². The standard InChI is InChI=1S/C8H9ClO/c9-8(6-10)7-4-2-1-3-5-7/h4H,1-3,5H2. The van der Waals surface area contributed by atoms with Crippen LogP contribution in [0.5, 0.6) is 0 Å². The normalized spacial score (nSPS) is 17.5. The summed E-state index contributed by atoms with van der Waals surface area (Å²) in [6.07, 6.45) is 6.37. The molecule has 0 heterocycles. The summed E-state index contributed by atoms with van der Waals surface area (Å²) < 4.78 is 0. The maximum absolute atomic E-state index is 10.1. The van der Waals surface area contributed by atoms with Gasteiger partial charge in [0.15, 0.2) is 0 Å². The van der Waals surface area contributed by atoms with E-state index in [1.54, 1.807) is 5.94 Å². The van der Waals surface area contributed by atoms with Crippen molar-refractivity contribution in [1.29, 1.82) is 0 Å². The quantitative estimate of drug-likeness (QED) is 0.533. The topological polar surface area (TPSA) is 17.1 Å². The van der Waals surface area contributed by atoms with Crippen LogP contribution in [0.15, 0.2) is 16.7 Å². The molecule has 0 aliphatic heterocycles. The SMILES string of the molecule is O=C=C(Cl)C1=CCCCC1. The van der Waals surface area contributed by atoms with Crippen molar-refractivity contribution >= 4 is 17.5 Å². The van der Waals surface area contributed by atoms with Gasteiger partial charge in [-0.25, -0.2) is 4.79 Å². The highest BCUT2D eigenvalue weighted by Gasteiger charge is 2.06. The Bertz CT molecular complexity index is 199. The lowest BCUT2D eigenvalue weighted by molar-refractivity contribution is 0.568. The molecule has 0 radical (unpaired) electrons. The number of rotatable bonds is 1. The van der Waals surface area contributed by atoms with Gasteiger partial charge in [-0.15, -0.1) is 0 Å². The van der Waals surface area contributed by atoms with Gasteiger partial charge in [0.25, 0.3) is 0 Å². The highest BCUT2D eigenvalue weighted by Crippen LogP contribution is 2.24. The van der Waals surface area contributed by atoms with Gasteiger partial charge in [0, 0.05) is 0 Å². The van der Waals surface area contributed by atoms with Crippen LogP contribution in [0.3, 0.4) is 0 Å². The lowest BCUT2D eigenvalue weighted by Crippen LogP contribution is -1.91.